The van der Waals surface area contributed by atoms with Gasteiger partial charge < -0.3 is 9.54 Å². The molecular weight excluding hydrogens is 280 g/mol. The van der Waals surface area contributed by atoms with Crippen LogP contribution < -0.4 is 0 Å². The number of aromatic nitrogens is 1. The van der Waals surface area contributed by atoms with Gasteiger partial charge in [0, 0.05) is 45.6 Å². The van der Waals surface area contributed by atoms with Gasteiger partial charge in [0.2, 0.25) is 0 Å². The topological polar surface area (TPSA) is 42.1 Å². The molecule has 0 saturated heterocycles. The lowest BCUT2D eigenvalue weighted by atomic mass is 10.00. The van der Waals surface area contributed by atoms with E-state index >= 15 is 0 Å². The predicted octanol–water partition coefficient (Wildman–Crippen LogP) is 3.20. The van der Waals surface area contributed by atoms with Gasteiger partial charge in [-0.05, 0) is 30.2 Å². The molecule has 0 fully saturated rings. The summed E-state index contributed by atoms with van der Waals surface area (Å²) < 4.78 is 13.4. The minimum Gasteiger partial charge on any atom is -0.598 e. The van der Waals surface area contributed by atoms with Gasteiger partial charge in [0.1, 0.15) is 6.26 Å². The molecule has 2 heterocycles. The van der Waals surface area contributed by atoms with E-state index < -0.39 is 11.4 Å². The fraction of sp³-hybridized carbons (Fsp3) is 0.286. The second-order valence-electron chi connectivity index (χ2n) is 4.68. The maximum Gasteiger partial charge on any atom is 0.115 e. The molecule has 1 aromatic carbocycles. The number of nitrogens with zero attached hydrogens (tertiary/aromatic N) is 1. The number of hydrogen-bond donors (Lipinski definition) is 1. The average Bonchev–Trinajstić information content (AvgIpc) is 2.81. The summed E-state index contributed by atoms with van der Waals surface area (Å²) >= 11 is 5.18. The van der Waals surface area contributed by atoms with Crippen LogP contribution in [0.25, 0.3) is 16.5 Å². The van der Waals surface area contributed by atoms with Gasteiger partial charge in [0.25, 0.3) is 0 Å². The van der Waals surface area contributed by atoms with Crippen LogP contribution in [0.4, 0.5) is 0 Å². The Morgan fingerprint density at radius 2 is 2.26 bits per heavy atom. The van der Waals surface area contributed by atoms with E-state index in [9.17, 15) is 4.55 Å². The number of fused-ring (bicyclic) bond motifs is 1. The number of rotatable bonds is 2. The van der Waals surface area contributed by atoms with Crippen molar-refractivity contribution in [1.82, 2.24) is 9.29 Å². The largest absolute Gasteiger partial charge is 0.598 e. The lowest BCUT2D eigenvalue weighted by Crippen LogP contribution is -2.33. The Balaban J connectivity index is 1.95. The second kappa shape index (κ2) is 5.21. The Morgan fingerprint density at radius 1 is 1.42 bits per heavy atom. The van der Waals surface area contributed by atoms with E-state index in [4.69, 9.17) is 11.6 Å². The maximum atomic E-state index is 11.4. The van der Waals surface area contributed by atoms with E-state index in [1.54, 1.807) is 6.26 Å². The zero-order chi connectivity index (χ0) is 13.4. The third-order valence-electron chi connectivity index (χ3n) is 3.53. The van der Waals surface area contributed by atoms with E-state index in [2.05, 4.69) is 11.1 Å². The molecule has 0 radical (unpaired) electrons. The zero-order valence-corrected chi connectivity index (χ0v) is 12.2. The van der Waals surface area contributed by atoms with E-state index in [-0.39, 0.29) is 0 Å². The molecule has 19 heavy (non-hydrogen) atoms. The van der Waals surface area contributed by atoms with Crippen molar-refractivity contribution in [3.8, 4) is 0 Å². The van der Waals surface area contributed by atoms with Gasteiger partial charge in [-0.1, -0.05) is 17.7 Å². The van der Waals surface area contributed by atoms with E-state index in [0.29, 0.717) is 0 Å². The first kappa shape index (κ1) is 13.1. The number of benzene rings is 1. The summed E-state index contributed by atoms with van der Waals surface area (Å²) in [5, 5.41) is 1.91. The van der Waals surface area contributed by atoms with Crippen molar-refractivity contribution >= 4 is 39.4 Å². The molecule has 3 nitrogen and oxygen atoms in total. The van der Waals surface area contributed by atoms with Crippen LogP contribution in [0.3, 0.4) is 0 Å². The highest BCUT2D eigenvalue weighted by atomic mass is 35.5. The predicted molar refractivity (Wildman–Crippen MR) is 81.5 cm³/mol. The van der Waals surface area contributed by atoms with Crippen LogP contribution in [0.1, 0.15) is 12.0 Å². The third-order valence-corrected chi connectivity index (χ3v) is 4.82. The summed E-state index contributed by atoms with van der Waals surface area (Å²) in [6.07, 6.45) is 6.84. The lowest BCUT2D eigenvalue weighted by molar-refractivity contribution is 0.445. The van der Waals surface area contributed by atoms with Gasteiger partial charge in [0.15, 0.2) is 0 Å². The molecule has 1 unspecified atom stereocenters. The zero-order valence-electron chi connectivity index (χ0n) is 10.6. The summed E-state index contributed by atoms with van der Waals surface area (Å²) in [5.74, 6) is 0. The van der Waals surface area contributed by atoms with Gasteiger partial charge in [-0.25, -0.2) is 0 Å². The minimum absolute atomic E-state index is 0.742. The van der Waals surface area contributed by atoms with Crippen LogP contribution in [-0.2, 0) is 11.4 Å². The first-order valence-electron chi connectivity index (χ1n) is 6.19. The Labute approximate surface area is 120 Å². The fourth-order valence-electron chi connectivity index (χ4n) is 2.49. The van der Waals surface area contributed by atoms with Gasteiger partial charge in [0.05, 0.1) is 6.54 Å². The molecule has 0 saturated carbocycles. The first-order chi connectivity index (χ1) is 9.15. The molecule has 0 bridgehead atoms. The molecule has 0 amide bonds. The van der Waals surface area contributed by atoms with Crippen molar-refractivity contribution < 1.29 is 4.55 Å². The van der Waals surface area contributed by atoms with E-state index in [1.807, 2.05) is 28.7 Å². The highest BCUT2D eigenvalue weighted by Gasteiger charge is 2.20. The summed E-state index contributed by atoms with van der Waals surface area (Å²) in [4.78, 5) is 3.27. The van der Waals surface area contributed by atoms with Crippen molar-refractivity contribution in [3.05, 3.63) is 41.1 Å². The number of halogens is 1. The SMILES string of the molecule is C[S+]([O-])N1CC=C(c2c[nH]c3ccc(Cl)cc23)CC1. The molecule has 1 aliphatic heterocycles. The van der Waals surface area contributed by atoms with Crippen molar-refractivity contribution in [1.29, 1.82) is 0 Å². The summed E-state index contributed by atoms with van der Waals surface area (Å²) in [7, 11) is 0. The Kier molecular flexibility index (Phi) is 3.58. The quantitative estimate of drug-likeness (QED) is 0.864. The highest BCUT2D eigenvalue weighted by Crippen LogP contribution is 2.31. The number of nitrogens with one attached hydrogen (secondary N) is 1. The standard InChI is InChI=1S/C14H15ClN2OS/c1-19(18)17-6-4-10(5-7-17)13-9-16-14-3-2-11(15)8-12(13)14/h2-4,8-9,16H,5-7H2,1H3. The van der Waals surface area contributed by atoms with Crippen molar-refractivity contribution in [2.75, 3.05) is 19.3 Å². The minimum atomic E-state index is -0.885. The van der Waals surface area contributed by atoms with Crippen LogP contribution in [-0.4, -0.2) is 33.2 Å². The van der Waals surface area contributed by atoms with Crippen LogP contribution in [0, 0.1) is 0 Å². The van der Waals surface area contributed by atoms with E-state index in [0.717, 1.165) is 35.4 Å². The number of hydrogen-bond acceptors (Lipinski definition) is 2. The summed E-state index contributed by atoms with van der Waals surface area (Å²) in [6.45, 7) is 1.58. The lowest BCUT2D eigenvalue weighted by Gasteiger charge is -2.25. The normalized spacial score (nSPS) is 18.6. The molecule has 2 aromatic rings. The Morgan fingerprint density at radius 3 is 2.95 bits per heavy atom. The second-order valence-corrected chi connectivity index (χ2v) is 6.48. The van der Waals surface area contributed by atoms with Gasteiger partial charge in [-0.2, -0.15) is 0 Å². The molecule has 0 spiro atoms. The smallest absolute Gasteiger partial charge is 0.115 e. The van der Waals surface area contributed by atoms with Crippen molar-refractivity contribution in [2.45, 2.75) is 6.42 Å². The highest BCUT2D eigenvalue weighted by molar-refractivity contribution is 7.88. The average molecular weight is 295 g/mol. The van der Waals surface area contributed by atoms with Crippen LogP contribution >= 0.6 is 11.6 Å². The van der Waals surface area contributed by atoms with Crippen LogP contribution in [0.15, 0.2) is 30.5 Å². The molecule has 1 aromatic heterocycles. The van der Waals surface area contributed by atoms with Crippen LogP contribution in [0.2, 0.25) is 5.02 Å². The first-order valence-corrected chi connectivity index (χ1v) is 8.09. The fourth-order valence-corrected chi connectivity index (χ4v) is 3.29. The molecule has 1 atom stereocenters. The third kappa shape index (κ3) is 2.54. The van der Waals surface area contributed by atoms with Gasteiger partial charge in [-0.3, -0.25) is 0 Å². The van der Waals surface area contributed by atoms with Crippen molar-refractivity contribution in [3.63, 3.8) is 0 Å². The Hall–Kier alpha value is -0.940. The monoisotopic (exact) mass is 294 g/mol. The van der Waals surface area contributed by atoms with Crippen molar-refractivity contribution in [2.24, 2.45) is 0 Å². The molecular formula is C14H15ClN2OS. The number of aromatic amines is 1. The van der Waals surface area contributed by atoms with Gasteiger partial charge in [-0.15, -0.1) is 4.31 Å². The molecule has 1 N–H and O–H groups in total. The molecule has 3 rings (SSSR count). The molecule has 5 heteroatoms. The van der Waals surface area contributed by atoms with Crippen LogP contribution in [0.5, 0.6) is 0 Å². The maximum absolute atomic E-state index is 11.4. The molecule has 0 aliphatic carbocycles. The summed E-state index contributed by atoms with van der Waals surface area (Å²) in [5.41, 5.74) is 3.61. The summed E-state index contributed by atoms with van der Waals surface area (Å²) in [6, 6.07) is 5.88. The van der Waals surface area contributed by atoms with E-state index in [1.165, 1.54) is 11.1 Å². The number of H-pyrrole nitrogens is 1. The molecule has 100 valence electrons. The Bertz CT molecular complexity index is 635. The van der Waals surface area contributed by atoms with Gasteiger partial charge >= 0.3 is 0 Å². The molecule has 1 aliphatic rings.